The van der Waals surface area contributed by atoms with Crippen molar-refractivity contribution in [2.45, 2.75) is 6.92 Å². The van der Waals surface area contributed by atoms with E-state index in [4.69, 9.17) is 16.0 Å². The van der Waals surface area contributed by atoms with Crippen LogP contribution in [0.25, 0.3) is 11.5 Å². The van der Waals surface area contributed by atoms with Crippen molar-refractivity contribution in [2.75, 3.05) is 16.4 Å². The lowest BCUT2D eigenvalue weighted by Crippen LogP contribution is -2.22. The van der Waals surface area contributed by atoms with Gasteiger partial charge in [0.2, 0.25) is 15.9 Å². The topological polar surface area (TPSA) is 85.1 Å². The average Bonchev–Trinajstić information content (AvgIpc) is 2.86. The van der Waals surface area contributed by atoms with Crippen molar-refractivity contribution in [1.29, 1.82) is 0 Å². The number of nitrogens with one attached hydrogen (secondary N) is 1. The summed E-state index contributed by atoms with van der Waals surface area (Å²) in [6.07, 6.45) is 0. The molecule has 1 aromatic carbocycles. The van der Waals surface area contributed by atoms with Gasteiger partial charge in [-0.05, 0) is 18.1 Å². The molecule has 108 valence electrons. The number of hydrogen-bond donors (Lipinski definition) is 1. The maximum Gasteiger partial charge on any atom is 0.329 e. The predicted molar refractivity (Wildman–Crippen MR) is 77.0 cm³/mol. The summed E-state index contributed by atoms with van der Waals surface area (Å²) in [6, 6.07) is 8.95. The van der Waals surface area contributed by atoms with Crippen LogP contribution in [0.15, 0.2) is 34.7 Å². The van der Waals surface area contributed by atoms with Crippen LogP contribution in [0.1, 0.15) is 6.92 Å². The van der Waals surface area contributed by atoms with Crippen molar-refractivity contribution < 1.29 is 12.8 Å². The molecular weight excluding hydrogens is 302 g/mol. The minimum absolute atomic E-state index is 0.0977. The van der Waals surface area contributed by atoms with E-state index in [9.17, 15) is 8.42 Å². The smallest absolute Gasteiger partial charge is 0.329 e. The standard InChI is InChI=1S/C12H14ClN3O3S/c1-9(7-13)8-20(17,18)16-12-15-14-11(19-12)10-5-3-2-4-6-10/h2-6,9H,7-8H2,1H3,(H,15,16). The zero-order valence-corrected chi connectivity index (χ0v) is 12.4. The number of anilines is 1. The summed E-state index contributed by atoms with van der Waals surface area (Å²) in [6.45, 7) is 1.75. The molecule has 0 amide bonds. The molecule has 2 aromatic rings. The van der Waals surface area contributed by atoms with Gasteiger partial charge in [-0.25, -0.2) is 13.1 Å². The zero-order chi connectivity index (χ0) is 14.6. The van der Waals surface area contributed by atoms with Crippen molar-refractivity contribution in [2.24, 2.45) is 5.92 Å². The molecule has 0 aliphatic carbocycles. The molecule has 0 saturated carbocycles. The number of sulfonamides is 1. The van der Waals surface area contributed by atoms with Crippen LogP contribution >= 0.6 is 11.6 Å². The Hall–Kier alpha value is -1.60. The van der Waals surface area contributed by atoms with Gasteiger partial charge in [0.1, 0.15) is 0 Å². The summed E-state index contributed by atoms with van der Waals surface area (Å²) in [4.78, 5) is 0. The van der Waals surface area contributed by atoms with E-state index in [0.717, 1.165) is 5.56 Å². The second kappa shape index (κ2) is 6.23. The van der Waals surface area contributed by atoms with Crippen LogP contribution in [-0.4, -0.2) is 30.2 Å². The largest absolute Gasteiger partial charge is 0.403 e. The third kappa shape index (κ3) is 3.94. The number of halogens is 1. The molecule has 0 fully saturated rings. The molecular formula is C12H14ClN3O3S. The van der Waals surface area contributed by atoms with Crippen LogP contribution in [0.4, 0.5) is 6.01 Å². The van der Waals surface area contributed by atoms with E-state index in [1.165, 1.54) is 0 Å². The lowest BCUT2D eigenvalue weighted by Gasteiger charge is -2.07. The maximum atomic E-state index is 11.8. The predicted octanol–water partition coefficient (Wildman–Crippen LogP) is 2.35. The number of aromatic nitrogens is 2. The summed E-state index contributed by atoms with van der Waals surface area (Å²) < 4.78 is 31.2. The summed E-state index contributed by atoms with van der Waals surface area (Å²) in [7, 11) is -3.55. The molecule has 1 unspecified atom stereocenters. The first-order valence-corrected chi connectivity index (χ1v) is 8.14. The lowest BCUT2D eigenvalue weighted by atomic mass is 10.2. The number of nitrogens with zero attached hydrogens (tertiary/aromatic N) is 2. The van der Waals surface area contributed by atoms with Gasteiger partial charge in [0.05, 0.1) is 5.75 Å². The monoisotopic (exact) mass is 315 g/mol. The van der Waals surface area contributed by atoms with Gasteiger partial charge < -0.3 is 4.42 Å². The molecule has 20 heavy (non-hydrogen) atoms. The number of rotatable bonds is 6. The first-order chi connectivity index (χ1) is 9.50. The molecule has 0 radical (unpaired) electrons. The SMILES string of the molecule is CC(CCl)CS(=O)(=O)Nc1nnc(-c2ccccc2)o1. The number of hydrogen-bond acceptors (Lipinski definition) is 5. The molecule has 2 rings (SSSR count). The van der Waals surface area contributed by atoms with Gasteiger partial charge in [0, 0.05) is 11.4 Å². The second-order valence-corrected chi connectivity index (χ2v) is 6.50. The third-order valence-electron chi connectivity index (χ3n) is 2.46. The van der Waals surface area contributed by atoms with Crippen molar-refractivity contribution in [3.63, 3.8) is 0 Å². The summed E-state index contributed by atoms with van der Waals surface area (Å²) in [5, 5.41) is 7.47. The highest BCUT2D eigenvalue weighted by molar-refractivity contribution is 7.92. The van der Waals surface area contributed by atoms with Crippen LogP contribution in [-0.2, 0) is 10.0 Å². The van der Waals surface area contributed by atoms with E-state index in [0.29, 0.717) is 0 Å². The second-order valence-electron chi connectivity index (χ2n) is 4.42. The van der Waals surface area contributed by atoms with Crippen LogP contribution in [0, 0.1) is 5.92 Å². The van der Waals surface area contributed by atoms with E-state index >= 15 is 0 Å². The van der Waals surface area contributed by atoms with Crippen molar-refractivity contribution in [3.8, 4) is 11.5 Å². The normalized spacial score (nSPS) is 13.1. The van der Waals surface area contributed by atoms with Crippen LogP contribution in [0.5, 0.6) is 0 Å². The first kappa shape index (κ1) is 14.8. The van der Waals surface area contributed by atoms with Crippen molar-refractivity contribution in [1.82, 2.24) is 10.2 Å². The fourth-order valence-electron chi connectivity index (χ4n) is 1.56. The van der Waals surface area contributed by atoms with Crippen LogP contribution < -0.4 is 4.72 Å². The Balaban J connectivity index is 2.10. The summed E-state index contributed by atoms with van der Waals surface area (Å²) in [5.74, 6) is 0.263. The highest BCUT2D eigenvalue weighted by Gasteiger charge is 2.18. The highest BCUT2D eigenvalue weighted by atomic mass is 35.5. The quantitative estimate of drug-likeness (QED) is 0.827. The molecule has 1 N–H and O–H groups in total. The van der Waals surface area contributed by atoms with E-state index < -0.39 is 10.0 Å². The Morgan fingerprint density at radius 3 is 2.65 bits per heavy atom. The fourth-order valence-corrected chi connectivity index (χ4v) is 3.09. The van der Waals surface area contributed by atoms with Gasteiger partial charge in [0.25, 0.3) is 0 Å². The Labute approximate surface area is 122 Å². The van der Waals surface area contributed by atoms with E-state index in [2.05, 4.69) is 14.9 Å². The maximum absolute atomic E-state index is 11.8. The van der Waals surface area contributed by atoms with E-state index in [-0.39, 0.29) is 29.5 Å². The highest BCUT2D eigenvalue weighted by Crippen LogP contribution is 2.20. The molecule has 0 aliphatic heterocycles. The molecule has 0 aliphatic rings. The van der Waals surface area contributed by atoms with E-state index in [1.54, 1.807) is 19.1 Å². The lowest BCUT2D eigenvalue weighted by molar-refractivity contribution is 0.571. The van der Waals surface area contributed by atoms with E-state index in [1.807, 2.05) is 18.2 Å². The minimum atomic E-state index is -3.55. The van der Waals surface area contributed by atoms with Gasteiger partial charge >= 0.3 is 6.01 Å². The molecule has 0 bridgehead atoms. The van der Waals surface area contributed by atoms with Gasteiger partial charge in [-0.1, -0.05) is 30.2 Å². The molecule has 0 saturated heterocycles. The molecule has 8 heteroatoms. The summed E-state index contributed by atoms with van der Waals surface area (Å²) in [5.41, 5.74) is 0.722. The number of alkyl halides is 1. The molecule has 1 aromatic heterocycles. The van der Waals surface area contributed by atoms with Crippen LogP contribution in [0.3, 0.4) is 0 Å². The van der Waals surface area contributed by atoms with Crippen LogP contribution in [0.2, 0.25) is 0 Å². The first-order valence-electron chi connectivity index (χ1n) is 5.95. The Bertz CT molecular complexity index is 658. The zero-order valence-electron chi connectivity index (χ0n) is 10.8. The Kier molecular flexibility index (Phi) is 4.61. The fraction of sp³-hybridized carbons (Fsp3) is 0.333. The van der Waals surface area contributed by atoms with Gasteiger partial charge in [-0.2, -0.15) is 0 Å². The van der Waals surface area contributed by atoms with Gasteiger partial charge in [-0.15, -0.1) is 16.7 Å². The number of benzene rings is 1. The minimum Gasteiger partial charge on any atom is -0.403 e. The van der Waals surface area contributed by atoms with Gasteiger partial charge in [-0.3, -0.25) is 0 Å². The molecule has 6 nitrogen and oxygen atoms in total. The third-order valence-corrected chi connectivity index (χ3v) is 4.48. The van der Waals surface area contributed by atoms with Crippen molar-refractivity contribution >= 4 is 27.6 Å². The average molecular weight is 316 g/mol. The van der Waals surface area contributed by atoms with Gasteiger partial charge in [0.15, 0.2) is 0 Å². The molecule has 1 heterocycles. The molecule has 0 spiro atoms. The summed E-state index contributed by atoms with van der Waals surface area (Å²) >= 11 is 5.60. The van der Waals surface area contributed by atoms with Crippen molar-refractivity contribution in [3.05, 3.63) is 30.3 Å². The Morgan fingerprint density at radius 2 is 2.00 bits per heavy atom. The Morgan fingerprint density at radius 1 is 1.30 bits per heavy atom. The molecule has 1 atom stereocenters.